The van der Waals surface area contributed by atoms with Crippen LogP contribution in [0.1, 0.15) is 27.9 Å². The largest absolute Gasteiger partial charge is 0.465 e. The number of H-pyrrole nitrogens is 1. The number of aryl methyl sites for hydroxylation is 1. The lowest BCUT2D eigenvalue weighted by molar-refractivity contribution is -0.131. The molecule has 4 rings (SSSR count). The fourth-order valence-corrected chi connectivity index (χ4v) is 4.63. The number of hydrogen-bond acceptors (Lipinski definition) is 6. The van der Waals surface area contributed by atoms with Crippen molar-refractivity contribution in [2.75, 3.05) is 38.2 Å². The first kappa shape index (κ1) is 23.7. The van der Waals surface area contributed by atoms with Gasteiger partial charge in [0.05, 0.1) is 23.6 Å². The molecule has 1 N–H and O–H groups in total. The highest BCUT2D eigenvalue weighted by Crippen LogP contribution is 2.24. The number of esters is 1. The number of fused-ring (bicyclic) bond motifs is 1. The van der Waals surface area contributed by atoms with Gasteiger partial charge in [-0.1, -0.05) is 12.1 Å². The molecule has 0 spiro atoms. The quantitative estimate of drug-likeness (QED) is 0.446. The number of ether oxygens (including phenoxy) is 1. The minimum atomic E-state index is -0.492. The smallest absolute Gasteiger partial charge is 0.337 e. The van der Waals surface area contributed by atoms with Gasteiger partial charge in [0, 0.05) is 44.8 Å². The molecule has 1 saturated heterocycles. The van der Waals surface area contributed by atoms with Gasteiger partial charge in [-0.25, -0.2) is 4.79 Å². The van der Waals surface area contributed by atoms with Gasteiger partial charge >= 0.3 is 5.97 Å². The van der Waals surface area contributed by atoms with Gasteiger partial charge in [-0.2, -0.15) is 0 Å². The zero-order valence-corrected chi connectivity index (χ0v) is 20.4. The minimum Gasteiger partial charge on any atom is -0.465 e. The standard InChI is InChI=1S/C25H28N4O4S/c1-16-5-4-6-21(17(16)2)27-11-13-28(14-12-27)22(30)9-10-29-23(31)19-8-7-18(24(32)33-3)15-20(19)26-25(29)34/h4-8,15H,9-14H2,1-3H3,(H,26,34). The average molecular weight is 481 g/mol. The SMILES string of the molecule is COC(=O)c1ccc2c(=O)n(CCC(=O)N3CCN(c4cccc(C)c4C)CC3)c(=S)[nH]c2c1. The molecule has 8 nitrogen and oxygen atoms in total. The first-order valence-corrected chi connectivity index (χ1v) is 11.6. The van der Waals surface area contributed by atoms with Crippen LogP contribution in [0.5, 0.6) is 0 Å². The van der Waals surface area contributed by atoms with E-state index in [2.05, 4.69) is 41.9 Å². The molecular weight excluding hydrogens is 452 g/mol. The van der Waals surface area contributed by atoms with Gasteiger partial charge in [-0.3, -0.25) is 14.2 Å². The number of methoxy groups -OCH3 is 1. The van der Waals surface area contributed by atoms with Gasteiger partial charge in [0.25, 0.3) is 5.56 Å². The first-order chi connectivity index (χ1) is 16.3. The Labute approximate surface area is 202 Å². The normalized spacial score (nSPS) is 13.9. The Balaban J connectivity index is 1.42. The highest BCUT2D eigenvalue weighted by atomic mass is 32.1. The second kappa shape index (κ2) is 9.80. The van der Waals surface area contributed by atoms with E-state index in [1.165, 1.54) is 34.6 Å². The number of aromatic nitrogens is 2. The third-order valence-electron chi connectivity index (χ3n) is 6.50. The van der Waals surface area contributed by atoms with Crippen LogP contribution in [0, 0.1) is 18.6 Å². The van der Waals surface area contributed by atoms with Crippen molar-refractivity contribution in [3.8, 4) is 0 Å². The van der Waals surface area contributed by atoms with Crippen LogP contribution in [0.3, 0.4) is 0 Å². The summed E-state index contributed by atoms with van der Waals surface area (Å²) in [6.45, 7) is 7.26. The number of benzene rings is 2. The summed E-state index contributed by atoms with van der Waals surface area (Å²) in [5.74, 6) is -0.489. The molecule has 0 bridgehead atoms. The Hall–Kier alpha value is -3.46. The fourth-order valence-electron chi connectivity index (χ4n) is 4.34. The maximum atomic E-state index is 13.0. The summed E-state index contributed by atoms with van der Waals surface area (Å²) in [5.41, 5.74) is 4.25. The number of piperazine rings is 1. The lowest BCUT2D eigenvalue weighted by Crippen LogP contribution is -2.49. The maximum Gasteiger partial charge on any atom is 0.337 e. The van der Waals surface area contributed by atoms with Crippen LogP contribution in [0.15, 0.2) is 41.2 Å². The monoisotopic (exact) mass is 480 g/mol. The van der Waals surface area contributed by atoms with Crippen LogP contribution in [0.4, 0.5) is 5.69 Å². The summed E-state index contributed by atoms with van der Waals surface area (Å²) in [4.78, 5) is 44.8. The van der Waals surface area contributed by atoms with Gasteiger partial charge in [-0.05, 0) is 61.5 Å². The zero-order valence-electron chi connectivity index (χ0n) is 19.6. The molecule has 178 valence electrons. The molecule has 1 aromatic heterocycles. The number of hydrogen-bond donors (Lipinski definition) is 1. The maximum absolute atomic E-state index is 13.0. The summed E-state index contributed by atoms with van der Waals surface area (Å²) >= 11 is 5.36. The van der Waals surface area contributed by atoms with Crippen molar-refractivity contribution in [1.82, 2.24) is 14.5 Å². The molecular formula is C25H28N4O4S. The zero-order chi connectivity index (χ0) is 24.4. The predicted molar refractivity (Wildman–Crippen MR) is 134 cm³/mol. The van der Waals surface area contributed by atoms with Gasteiger partial charge < -0.3 is 19.5 Å². The van der Waals surface area contributed by atoms with Crippen LogP contribution < -0.4 is 10.5 Å². The Kier molecular flexibility index (Phi) is 6.83. The third-order valence-corrected chi connectivity index (χ3v) is 6.82. The lowest BCUT2D eigenvalue weighted by atomic mass is 10.1. The molecule has 0 aliphatic carbocycles. The summed E-state index contributed by atoms with van der Waals surface area (Å²) < 4.78 is 6.34. The fraction of sp³-hybridized carbons (Fsp3) is 0.360. The topological polar surface area (TPSA) is 87.6 Å². The number of rotatable bonds is 5. The Morgan fingerprint density at radius 3 is 2.53 bits per heavy atom. The van der Waals surface area contributed by atoms with Crippen LogP contribution in [0.25, 0.3) is 10.9 Å². The van der Waals surface area contributed by atoms with E-state index in [1.807, 2.05) is 4.90 Å². The first-order valence-electron chi connectivity index (χ1n) is 11.2. The number of carbonyl (C=O) groups excluding carboxylic acids is 2. The molecule has 2 heterocycles. The van der Waals surface area contributed by atoms with E-state index in [4.69, 9.17) is 17.0 Å². The van der Waals surface area contributed by atoms with Crippen LogP contribution >= 0.6 is 12.2 Å². The van der Waals surface area contributed by atoms with E-state index in [0.717, 1.165) is 13.1 Å². The minimum absolute atomic E-state index is 0.00282. The molecule has 1 fully saturated rings. The van der Waals surface area contributed by atoms with Crippen molar-refractivity contribution >= 4 is 40.7 Å². The van der Waals surface area contributed by atoms with Crippen molar-refractivity contribution in [3.63, 3.8) is 0 Å². The number of amides is 1. The van der Waals surface area contributed by atoms with E-state index in [0.29, 0.717) is 29.6 Å². The number of carbonyl (C=O) groups is 2. The average Bonchev–Trinajstić information content (AvgIpc) is 2.84. The Morgan fingerprint density at radius 1 is 1.09 bits per heavy atom. The molecule has 2 aromatic carbocycles. The van der Waals surface area contributed by atoms with Crippen molar-refractivity contribution in [3.05, 3.63) is 68.2 Å². The van der Waals surface area contributed by atoms with E-state index in [-0.39, 0.29) is 29.2 Å². The molecule has 9 heteroatoms. The Bertz CT molecular complexity index is 1370. The summed E-state index contributed by atoms with van der Waals surface area (Å²) in [6, 6.07) is 11.0. The summed E-state index contributed by atoms with van der Waals surface area (Å²) in [6.07, 6.45) is 0.187. The van der Waals surface area contributed by atoms with Crippen molar-refractivity contribution < 1.29 is 14.3 Å². The number of nitrogens with one attached hydrogen (secondary N) is 1. The Morgan fingerprint density at radius 2 is 1.82 bits per heavy atom. The molecule has 0 saturated carbocycles. The van der Waals surface area contributed by atoms with Gasteiger partial charge in [0.15, 0.2) is 4.77 Å². The van der Waals surface area contributed by atoms with Gasteiger partial charge in [0.2, 0.25) is 5.91 Å². The third kappa shape index (κ3) is 4.61. The van der Waals surface area contributed by atoms with Crippen LogP contribution in [-0.4, -0.2) is 59.6 Å². The lowest BCUT2D eigenvalue weighted by Gasteiger charge is -2.37. The summed E-state index contributed by atoms with van der Waals surface area (Å²) in [5, 5.41) is 0.399. The number of anilines is 1. The second-order valence-corrected chi connectivity index (χ2v) is 8.86. The predicted octanol–water partition coefficient (Wildman–Crippen LogP) is 3.20. The molecule has 34 heavy (non-hydrogen) atoms. The second-order valence-electron chi connectivity index (χ2n) is 8.48. The van der Waals surface area contributed by atoms with Crippen molar-refractivity contribution in [2.24, 2.45) is 0 Å². The van der Waals surface area contributed by atoms with Crippen molar-refractivity contribution in [1.29, 1.82) is 0 Å². The molecule has 0 radical (unpaired) electrons. The molecule has 1 amide bonds. The molecule has 0 unspecified atom stereocenters. The van der Waals surface area contributed by atoms with E-state index in [9.17, 15) is 14.4 Å². The van der Waals surface area contributed by atoms with E-state index in [1.54, 1.807) is 12.1 Å². The van der Waals surface area contributed by atoms with Crippen LogP contribution in [0.2, 0.25) is 0 Å². The highest BCUT2D eigenvalue weighted by molar-refractivity contribution is 7.71. The highest BCUT2D eigenvalue weighted by Gasteiger charge is 2.22. The van der Waals surface area contributed by atoms with Crippen LogP contribution in [-0.2, 0) is 16.1 Å². The number of aromatic amines is 1. The van der Waals surface area contributed by atoms with E-state index < -0.39 is 5.97 Å². The molecule has 3 aromatic rings. The molecule has 0 atom stereocenters. The molecule has 1 aliphatic rings. The number of nitrogens with zero attached hydrogens (tertiary/aromatic N) is 3. The van der Waals surface area contributed by atoms with E-state index >= 15 is 0 Å². The van der Waals surface area contributed by atoms with Gasteiger partial charge in [-0.15, -0.1) is 0 Å². The van der Waals surface area contributed by atoms with Gasteiger partial charge in [0.1, 0.15) is 0 Å². The summed E-state index contributed by atoms with van der Waals surface area (Å²) in [7, 11) is 1.30. The molecule has 1 aliphatic heterocycles. The van der Waals surface area contributed by atoms with Crippen molar-refractivity contribution in [2.45, 2.75) is 26.8 Å².